The van der Waals surface area contributed by atoms with E-state index in [9.17, 15) is 22.8 Å². The highest BCUT2D eigenvalue weighted by Gasteiger charge is 2.39. The molecule has 0 fully saturated rings. The maximum Gasteiger partial charge on any atom is 0.471 e. The third kappa shape index (κ3) is 2.65. The van der Waals surface area contributed by atoms with E-state index < -0.39 is 28.7 Å². The van der Waals surface area contributed by atoms with Gasteiger partial charge in [0.05, 0.1) is 5.51 Å². The van der Waals surface area contributed by atoms with Crippen LogP contribution in [0.4, 0.5) is 19.0 Å². The Labute approximate surface area is 84.5 Å². The van der Waals surface area contributed by atoms with E-state index >= 15 is 0 Å². The number of aromatic carboxylic acids is 1. The number of nitrogens with one attached hydrogen (secondary N) is 1. The Morgan fingerprint density at radius 2 is 2.07 bits per heavy atom. The third-order valence-electron chi connectivity index (χ3n) is 1.25. The number of thiazole rings is 1. The van der Waals surface area contributed by atoms with Crippen molar-refractivity contribution in [2.75, 3.05) is 5.32 Å². The maximum absolute atomic E-state index is 11.8. The van der Waals surface area contributed by atoms with Crippen LogP contribution in [0.25, 0.3) is 0 Å². The van der Waals surface area contributed by atoms with Crippen molar-refractivity contribution in [1.29, 1.82) is 0 Å². The molecule has 1 amide bonds. The second-order valence-electron chi connectivity index (χ2n) is 2.29. The first-order valence-electron chi connectivity index (χ1n) is 3.37. The van der Waals surface area contributed by atoms with Crippen LogP contribution in [0.15, 0.2) is 5.51 Å². The van der Waals surface area contributed by atoms with Crippen molar-refractivity contribution in [3.63, 3.8) is 0 Å². The topological polar surface area (TPSA) is 79.3 Å². The SMILES string of the molecule is O=C(O)c1scnc1NC(=O)C(F)(F)F. The van der Waals surface area contributed by atoms with Crippen molar-refractivity contribution in [2.45, 2.75) is 6.18 Å². The van der Waals surface area contributed by atoms with E-state index in [1.165, 1.54) is 5.32 Å². The Morgan fingerprint density at radius 1 is 1.47 bits per heavy atom. The highest BCUT2D eigenvalue weighted by atomic mass is 32.1. The normalized spacial score (nSPS) is 11.1. The monoisotopic (exact) mass is 240 g/mol. The smallest absolute Gasteiger partial charge is 0.471 e. The molecule has 82 valence electrons. The van der Waals surface area contributed by atoms with Crippen LogP contribution >= 0.6 is 11.3 Å². The molecule has 1 aromatic heterocycles. The third-order valence-corrected chi connectivity index (χ3v) is 2.07. The van der Waals surface area contributed by atoms with E-state index in [4.69, 9.17) is 5.11 Å². The van der Waals surface area contributed by atoms with E-state index in [1.807, 2.05) is 0 Å². The largest absolute Gasteiger partial charge is 0.477 e. The van der Waals surface area contributed by atoms with Gasteiger partial charge in [0.15, 0.2) is 10.7 Å². The van der Waals surface area contributed by atoms with Gasteiger partial charge in [-0.25, -0.2) is 9.78 Å². The minimum atomic E-state index is -5.07. The molecular formula is C6H3F3N2O3S. The highest BCUT2D eigenvalue weighted by Crippen LogP contribution is 2.22. The summed E-state index contributed by atoms with van der Waals surface area (Å²) in [5.41, 5.74) is 1.02. The van der Waals surface area contributed by atoms with Gasteiger partial charge in [-0.1, -0.05) is 0 Å². The number of carboxylic acid groups (broad SMARTS) is 1. The predicted octanol–water partition coefficient (Wildman–Crippen LogP) is 1.34. The van der Waals surface area contributed by atoms with E-state index in [0.717, 1.165) is 5.51 Å². The van der Waals surface area contributed by atoms with E-state index in [2.05, 4.69) is 4.98 Å². The van der Waals surface area contributed by atoms with Gasteiger partial charge < -0.3 is 10.4 Å². The summed E-state index contributed by atoms with van der Waals surface area (Å²) in [7, 11) is 0. The summed E-state index contributed by atoms with van der Waals surface area (Å²) in [5, 5.41) is 9.87. The van der Waals surface area contributed by atoms with Crippen LogP contribution in [0.2, 0.25) is 0 Å². The summed E-state index contributed by atoms with van der Waals surface area (Å²) in [5.74, 6) is -4.30. The predicted molar refractivity (Wildman–Crippen MR) is 43.8 cm³/mol. The first-order chi connectivity index (χ1) is 6.82. The number of carbonyl (C=O) groups is 2. The number of nitrogens with zero attached hydrogens (tertiary/aromatic N) is 1. The molecule has 0 unspecified atom stereocenters. The van der Waals surface area contributed by atoms with Crippen molar-refractivity contribution in [1.82, 2.24) is 4.98 Å². The molecule has 0 spiro atoms. The fourth-order valence-electron chi connectivity index (χ4n) is 0.665. The minimum Gasteiger partial charge on any atom is -0.477 e. The molecule has 1 aromatic rings. The lowest BCUT2D eigenvalue weighted by molar-refractivity contribution is -0.167. The van der Waals surface area contributed by atoms with Crippen molar-refractivity contribution >= 4 is 29.0 Å². The zero-order valence-corrected chi connectivity index (χ0v) is 7.65. The lowest BCUT2D eigenvalue weighted by Gasteiger charge is -2.05. The van der Waals surface area contributed by atoms with Crippen molar-refractivity contribution in [3.8, 4) is 0 Å². The molecule has 9 heteroatoms. The molecule has 1 rings (SSSR count). The molecule has 0 aliphatic rings. The summed E-state index contributed by atoms with van der Waals surface area (Å²) in [6.45, 7) is 0. The Kier molecular flexibility index (Phi) is 2.93. The molecule has 0 aliphatic heterocycles. The lowest BCUT2D eigenvalue weighted by Crippen LogP contribution is -2.30. The number of amides is 1. The fraction of sp³-hybridized carbons (Fsp3) is 0.167. The van der Waals surface area contributed by atoms with Crippen LogP contribution in [0, 0.1) is 0 Å². The van der Waals surface area contributed by atoms with Crippen LogP contribution in [0.1, 0.15) is 9.67 Å². The van der Waals surface area contributed by atoms with Crippen LogP contribution in [-0.2, 0) is 4.79 Å². The second-order valence-corrected chi connectivity index (χ2v) is 3.14. The van der Waals surface area contributed by atoms with E-state index in [1.54, 1.807) is 0 Å². The molecule has 0 saturated heterocycles. The quantitative estimate of drug-likeness (QED) is 0.817. The summed E-state index contributed by atoms with van der Waals surface area (Å²) in [6, 6.07) is 0. The van der Waals surface area contributed by atoms with Crippen LogP contribution in [-0.4, -0.2) is 28.1 Å². The Morgan fingerprint density at radius 3 is 2.53 bits per heavy atom. The molecule has 15 heavy (non-hydrogen) atoms. The van der Waals surface area contributed by atoms with Crippen LogP contribution < -0.4 is 5.32 Å². The Bertz CT molecular complexity index is 401. The van der Waals surface area contributed by atoms with Crippen LogP contribution in [0.3, 0.4) is 0 Å². The van der Waals surface area contributed by atoms with Gasteiger partial charge >= 0.3 is 18.1 Å². The zero-order valence-electron chi connectivity index (χ0n) is 6.83. The maximum atomic E-state index is 11.8. The van der Waals surface area contributed by atoms with E-state index in [-0.39, 0.29) is 0 Å². The van der Waals surface area contributed by atoms with Gasteiger partial charge in [-0.3, -0.25) is 4.79 Å². The van der Waals surface area contributed by atoms with Gasteiger partial charge in [0.25, 0.3) is 0 Å². The number of halogens is 3. The molecule has 1 heterocycles. The Balaban J connectivity index is 2.86. The summed E-state index contributed by atoms with van der Waals surface area (Å²) >= 11 is 0.618. The number of carbonyl (C=O) groups excluding carboxylic acids is 1. The van der Waals surface area contributed by atoms with Gasteiger partial charge in [0.2, 0.25) is 0 Å². The van der Waals surface area contributed by atoms with E-state index in [0.29, 0.717) is 11.3 Å². The van der Waals surface area contributed by atoms with Gasteiger partial charge in [0.1, 0.15) is 0 Å². The molecule has 0 bridgehead atoms. The lowest BCUT2D eigenvalue weighted by atomic mass is 10.4. The average Bonchev–Trinajstić information content (AvgIpc) is 2.50. The first-order valence-corrected chi connectivity index (χ1v) is 4.25. The van der Waals surface area contributed by atoms with Gasteiger partial charge in [-0.05, 0) is 0 Å². The summed E-state index contributed by atoms with van der Waals surface area (Å²) in [4.78, 5) is 23.7. The van der Waals surface area contributed by atoms with Crippen LogP contribution in [0.5, 0.6) is 0 Å². The zero-order chi connectivity index (χ0) is 11.6. The first kappa shape index (κ1) is 11.4. The molecule has 0 saturated carbocycles. The number of aromatic nitrogens is 1. The second kappa shape index (κ2) is 3.85. The molecule has 0 aromatic carbocycles. The van der Waals surface area contributed by atoms with Crippen molar-refractivity contribution < 1.29 is 27.9 Å². The number of rotatable bonds is 2. The van der Waals surface area contributed by atoms with Crippen molar-refractivity contribution in [2.24, 2.45) is 0 Å². The molecule has 2 N–H and O–H groups in total. The van der Waals surface area contributed by atoms with Gasteiger partial charge in [-0.15, -0.1) is 11.3 Å². The van der Waals surface area contributed by atoms with Gasteiger partial charge in [0, 0.05) is 0 Å². The number of anilines is 1. The number of carboxylic acids is 1. The average molecular weight is 240 g/mol. The molecule has 5 nitrogen and oxygen atoms in total. The van der Waals surface area contributed by atoms with Crippen molar-refractivity contribution in [3.05, 3.63) is 10.4 Å². The van der Waals surface area contributed by atoms with Gasteiger partial charge in [-0.2, -0.15) is 13.2 Å². The highest BCUT2D eigenvalue weighted by molar-refractivity contribution is 7.12. The number of hydrogen-bond donors (Lipinski definition) is 2. The number of hydrogen-bond acceptors (Lipinski definition) is 4. The number of alkyl halides is 3. The fourth-order valence-corrected chi connectivity index (χ4v) is 1.25. The molecule has 0 atom stereocenters. The minimum absolute atomic E-state index is 0.451. The summed E-state index contributed by atoms with van der Waals surface area (Å²) < 4.78 is 35.4. The molecule has 0 aliphatic carbocycles. The Hall–Kier alpha value is -1.64. The molecular weight excluding hydrogens is 237 g/mol. The molecule has 0 radical (unpaired) electrons. The standard InChI is InChI=1S/C6H3F3N2O3S/c7-6(8,9)5(14)11-3-2(4(12)13)15-1-10-3/h1H,(H,11,14)(H,12,13). The summed E-state index contributed by atoms with van der Waals surface area (Å²) in [6.07, 6.45) is -5.07.